The Bertz CT molecular complexity index is 633. The summed E-state index contributed by atoms with van der Waals surface area (Å²) in [5.41, 5.74) is -0.414. The van der Waals surface area contributed by atoms with Crippen molar-refractivity contribution < 1.29 is 9.21 Å². The van der Waals surface area contributed by atoms with Crippen molar-refractivity contribution in [1.82, 2.24) is 15.5 Å². The lowest BCUT2D eigenvalue weighted by Crippen LogP contribution is -2.37. The van der Waals surface area contributed by atoms with E-state index in [1.54, 1.807) is 18.3 Å². The van der Waals surface area contributed by atoms with E-state index in [9.17, 15) is 4.79 Å². The van der Waals surface area contributed by atoms with Crippen molar-refractivity contribution in [1.29, 1.82) is 0 Å². The maximum Gasteiger partial charge on any atom is 0.235 e. The molecule has 2 heterocycles. The Balaban J connectivity index is 1.75. The Morgan fingerprint density at radius 2 is 2.25 bits per heavy atom. The second kappa shape index (κ2) is 4.41. The van der Waals surface area contributed by atoms with E-state index in [2.05, 4.69) is 29.4 Å². The average molecular weight is 291 g/mol. The van der Waals surface area contributed by atoms with Crippen LogP contribution in [0.4, 0.5) is 0 Å². The topological polar surface area (TPSA) is 68.0 Å². The van der Waals surface area contributed by atoms with Crippen molar-refractivity contribution in [3.8, 4) is 0 Å². The normalized spacial score (nSPS) is 23.6. The summed E-state index contributed by atoms with van der Waals surface area (Å²) in [7, 11) is 0. The van der Waals surface area contributed by atoms with Gasteiger partial charge in [0.25, 0.3) is 0 Å². The second-order valence-electron chi connectivity index (χ2n) is 5.84. The van der Waals surface area contributed by atoms with Crippen molar-refractivity contribution in [2.75, 3.05) is 0 Å². The van der Waals surface area contributed by atoms with E-state index in [1.807, 2.05) is 17.5 Å². The number of aryl methyl sites for hydroxylation is 1. The molecule has 1 aliphatic carbocycles. The van der Waals surface area contributed by atoms with Gasteiger partial charge in [-0.3, -0.25) is 4.79 Å². The Hall–Kier alpha value is -1.69. The van der Waals surface area contributed by atoms with Gasteiger partial charge in [-0.2, -0.15) is 0 Å². The van der Waals surface area contributed by atoms with Crippen molar-refractivity contribution in [3.63, 3.8) is 0 Å². The number of hydrogen-bond acceptors (Lipinski definition) is 5. The van der Waals surface area contributed by atoms with Crippen LogP contribution in [0.1, 0.15) is 36.9 Å². The van der Waals surface area contributed by atoms with Crippen LogP contribution in [-0.4, -0.2) is 16.1 Å². The van der Waals surface area contributed by atoms with Gasteiger partial charge in [0.1, 0.15) is 0 Å². The number of amides is 1. The molecule has 0 aliphatic heterocycles. The fourth-order valence-corrected chi connectivity index (χ4v) is 3.88. The SMILES string of the molecule is Cc1nnc(CNC(=O)[C@@]2(c3cccs3)CC2(C)C)o1. The quantitative estimate of drug-likeness (QED) is 0.939. The molecule has 2 aromatic heterocycles. The van der Waals surface area contributed by atoms with Gasteiger partial charge in [-0.1, -0.05) is 19.9 Å². The maximum absolute atomic E-state index is 12.6. The highest BCUT2D eigenvalue weighted by Gasteiger charge is 2.67. The molecule has 0 spiro atoms. The van der Waals surface area contributed by atoms with Gasteiger partial charge < -0.3 is 9.73 Å². The third-order valence-electron chi connectivity index (χ3n) is 4.03. The molecule has 1 N–H and O–H groups in total. The fraction of sp³-hybridized carbons (Fsp3) is 0.500. The summed E-state index contributed by atoms with van der Waals surface area (Å²) in [5.74, 6) is 0.991. The van der Waals surface area contributed by atoms with Gasteiger partial charge in [0.05, 0.1) is 12.0 Å². The van der Waals surface area contributed by atoms with Gasteiger partial charge in [-0.05, 0) is 23.3 Å². The van der Waals surface area contributed by atoms with Crippen LogP contribution >= 0.6 is 11.3 Å². The number of nitrogens with zero attached hydrogens (tertiary/aromatic N) is 2. The molecule has 5 nitrogen and oxygen atoms in total. The number of aromatic nitrogens is 2. The molecule has 0 aromatic carbocycles. The third-order valence-corrected chi connectivity index (χ3v) is 5.07. The second-order valence-corrected chi connectivity index (χ2v) is 6.79. The molecule has 1 aliphatic rings. The molecule has 0 unspecified atom stereocenters. The Kier molecular flexibility index (Phi) is 2.93. The van der Waals surface area contributed by atoms with Crippen molar-refractivity contribution in [2.24, 2.45) is 5.41 Å². The summed E-state index contributed by atoms with van der Waals surface area (Å²) in [6.45, 7) is 6.27. The minimum atomic E-state index is -0.407. The highest BCUT2D eigenvalue weighted by molar-refractivity contribution is 7.10. The van der Waals surface area contributed by atoms with Crippen LogP contribution in [-0.2, 0) is 16.8 Å². The zero-order valence-corrected chi connectivity index (χ0v) is 12.6. The smallest absolute Gasteiger partial charge is 0.235 e. The summed E-state index contributed by atoms with van der Waals surface area (Å²) in [6.07, 6.45) is 0.870. The standard InChI is InChI=1S/C14H17N3O2S/c1-9-16-17-11(19-9)7-15-12(18)14(8-13(14,2)3)10-5-4-6-20-10/h4-6H,7-8H2,1-3H3,(H,15,18)/t14-/m0/s1. The van der Waals surface area contributed by atoms with E-state index in [4.69, 9.17) is 4.42 Å². The van der Waals surface area contributed by atoms with E-state index < -0.39 is 5.41 Å². The van der Waals surface area contributed by atoms with Crippen LogP contribution in [0.25, 0.3) is 0 Å². The van der Waals surface area contributed by atoms with E-state index >= 15 is 0 Å². The maximum atomic E-state index is 12.6. The summed E-state index contributed by atoms with van der Waals surface area (Å²) >= 11 is 1.64. The molecular formula is C14H17N3O2S. The lowest BCUT2D eigenvalue weighted by Gasteiger charge is -2.18. The first-order valence-corrected chi connectivity index (χ1v) is 7.45. The molecule has 106 valence electrons. The summed E-state index contributed by atoms with van der Waals surface area (Å²) in [6, 6.07) is 4.03. The number of thiophene rings is 1. The highest BCUT2D eigenvalue weighted by Crippen LogP contribution is 2.65. The lowest BCUT2D eigenvalue weighted by molar-refractivity contribution is -0.124. The molecule has 1 amide bonds. The van der Waals surface area contributed by atoms with Gasteiger partial charge >= 0.3 is 0 Å². The molecule has 0 bridgehead atoms. The first kappa shape index (κ1) is 13.3. The molecule has 1 fully saturated rings. The van der Waals surface area contributed by atoms with Gasteiger partial charge in [-0.25, -0.2) is 0 Å². The van der Waals surface area contributed by atoms with Crippen LogP contribution in [0.5, 0.6) is 0 Å². The molecule has 20 heavy (non-hydrogen) atoms. The molecular weight excluding hydrogens is 274 g/mol. The predicted molar refractivity (Wildman–Crippen MR) is 75.3 cm³/mol. The lowest BCUT2D eigenvalue weighted by atomic mass is 9.93. The Labute approximate surface area is 121 Å². The molecule has 3 rings (SSSR count). The predicted octanol–water partition coefficient (Wildman–Crippen LogP) is 2.42. The van der Waals surface area contributed by atoms with Crippen molar-refractivity contribution in [3.05, 3.63) is 34.2 Å². The Morgan fingerprint density at radius 3 is 2.75 bits per heavy atom. The van der Waals surface area contributed by atoms with E-state index in [1.165, 1.54) is 0 Å². The van der Waals surface area contributed by atoms with Gasteiger partial charge in [0, 0.05) is 11.8 Å². The first-order valence-electron chi connectivity index (χ1n) is 6.57. The van der Waals surface area contributed by atoms with Crippen LogP contribution in [0, 0.1) is 12.3 Å². The molecule has 0 radical (unpaired) electrons. The van der Waals surface area contributed by atoms with Crippen LogP contribution in [0.15, 0.2) is 21.9 Å². The third kappa shape index (κ3) is 1.95. The van der Waals surface area contributed by atoms with Gasteiger partial charge in [0.2, 0.25) is 17.7 Å². The van der Waals surface area contributed by atoms with E-state index in [0.29, 0.717) is 11.8 Å². The summed E-state index contributed by atoms with van der Waals surface area (Å²) in [5, 5.41) is 12.6. The number of carbonyl (C=O) groups excluding carboxylic acids is 1. The molecule has 0 saturated heterocycles. The minimum absolute atomic E-state index is 0.00725. The zero-order valence-electron chi connectivity index (χ0n) is 11.8. The zero-order chi connectivity index (χ0) is 14.4. The van der Waals surface area contributed by atoms with Crippen molar-refractivity contribution >= 4 is 17.2 Å². The van der Waals surface area contributed by atoms with Gasteiger partial charge in [-0.15, -0.1) is 21.5 Å². The van der Waals surface area contributed by atoms with Gasteiger partial charge in [0.15, 0.2) is 0 Å². The number of carbonyl (C=O) groups is 1. The number of nitrogens with one attached hydrogen (secondary N) is 1. The molecule has 2 aromatic rings. The molecule has 6 heteroatoms. The van der Waals surface area contributed by atoms with Crippen molar-refractivity contribution in [2.45, 2.75) is 39.2 Å². The highest BCUT2D eigenvalue weighted by atomic mass is 32.1. The number of hydrogen-bond donors (Lipinski definition) is 1. The number of rotatable bonds is 4. The van der Waals surface area contributed by atoms with Crippen LogP contribution < -0.4 is 5.32 Å². The van der Waals surface area contributed by atoms with Crippen LogP contribution in [0.3, 0.4) is 0 Å². The Morgan fingerprint density at radius 1 is 1.50 bits per heavy atom. The summed E-state index contributed by atoms with van der Waals surface area (Å²) < 4.78 is 5.28. The first-order chi connectivity index (χ1) is 9.46. The van der Waals surface area contributed by atoms with Crippen LogP contribution in [0.2, 0.25) is 0 Å². The van der Waals surface area contributed by atoms with E-state index in [-0.39, 0.29) is 17.9 Å². The van der Waals surface area contributed by atoms with E-state index in [0.717, 1.165) is 11.3 Å². The average Bonchev–Trinajstić information content (AvgIpc) is 2.86. The minimum Gasteiger partial charge on any atom is -0.424 e. The molecule has 1 atom stereocenters. The fourth-order valence-electron chi connectivity index (χ4n) is 2.78. The molecule has 1 saturated carbocycles. The monoisotopic (exact) mass is 291 g/mol. The summed E-state index contributed by atoms with van der Waals surface area (Å²) in [4.78, 5) is 13.8. The largest absolute Gasteiger partial charge is 0.424 e.